The second kappa shape index (κ2) is 33.4. The van der Waals surface area contributed by atoms with Crippen LogP contribution < -0.4 is 23.7 Å². The van der Waals surface area contributed by atoms with Gasteiger partial charge in [-0.15, -0.1) is 0 Å². The summed E-state index contributed by atoms with van der Waals surface area (Å²) in [5.41, 5.74) is -9.43. The van der Waals surface area contributed by atoms with E-state index in [4.69, 9.17) is 52.1 Å². The highest BCUT2D eigenvalue weighted by Crippen LogP contribution is 2.48. The third-order valence-electron chi connectivity index (χ3n) is 16.9. The molecule has 0 bridgehead atoms. The number of phenols is 25. The molecule has 1 aliphatic rings. The molecule has 0 spiro atoms. The minimum absolute atomic E-state index is 0.313. The van der Waals surface area contributed by atoms with Gasteiger partial charge in [-0.3, -0.25) is 0 Å². The molecule has 1 heterocycles. The van der Waals surface area contributed by atoms with Crippen molar-refractivity contribution in [3.05, 3.63) is 177 Å². The van der Waals surface area contributed by atoms with E-state index in [1.54, 1.807) is 0 Å². The van der Waals surface area contributed by atoms with Crippen molar-refractivity contribution in [3.63, 3.8) is 0 Å². The van der Waals surface area contributed by atoms with Crippen molar-refractivity contribution in [2.75, 3.05) is 6.61 Å². The van der Waals surface area contributed by atoms with Crippen molar-refractivity contribution in [2.45, 2.75) is 30.7 Å². The van der Waals surface area contributed by atoms with Crippen molar-refractivity contribution in [1.82, 2.24) is 0 Å². The molecule has 1 saturated heterocycles. The normalized spacial score (nSPS) is 14.6. The first-order valence-electron chi connectivity index (χ1n) is 33.2. The second-order valence-electron chi connectivity index (χ2n) is 25.1. The van der Waals surface area contributed by atoms with Crippen LogP contribution in [0.1, 0.15) is 104 Å². The molecule has 0 aliphatic carbocycles. The summed E-state index contributed by atoms with van der Waals surface area (Å²) >= 11 is 0. The molecule has 5 unspecified atom stereocenters. The third-order valence-corrected chi connectivity index (χ3v) is 16.9. The number of hydrogen-bond acceptors (Lipinski definition) is 46. The van der Waals surface area contributed by atoms with Gasteiger partial charge in [0.05, 0.1) is 55.6 Å². The molecule has 1 fully saturated rings. The number of phenolic OH excluding ortho intramolecular Hbond substituents is 25. The molecule has 122 heavy (non-hydrogen) atoms. The lowest BCUT2D eigenvalue weighted by atomic mass is 9.97. The van der Waals surface area contributed by atoms with E-state index in [-0.39, 0.29) is 0 Å². The van der Waals surface area contributed by atoms with E-state index in [0.717, 1.165) is 0 Å². The number of aromatic hydroxyl groups is 25. The zero-order valence-electron chi connectivity index (χ0n) is 59.9. The molecule has 0 radical (unpaired) electrons. The summed E-state index contributed by atoms with van der Waals surface area (Å²) < 4.78 is 59.6. The lowest BCUT2D eigenvalue weighted by Crippen LogP contribution is -2.63. The Kier molecular flexibility index (Phi) is 23.2. The molecule has 11 rings (SSSR count). The van der Waals surface area contributed by atoms with Crippen LogP contribution in [0, 0.1) is 0 Å². The molecule has 46 heteroatoms. The monoisotopic (exact) mass is 1700 g/mol. The first-order valence-corrected chi connectivity index (χ1v) is 33.2. The topological polar surface area (TPSA) is 778 Å². The van der Waals surface area contributed by atoms with Gasteiger partial charge in [-0.2, -0.15) is 0 Å². The predicted molar refractivity (Wildman–Crippen MR) is 383 cm³/mol. The number of ether oxygens (including phenoxy) is 11. The van der Waals surface area contributed by atoms with Crippen molar-refractivity contribution in [1.29, 1.82) is 0 Å². The minimum atomic E-state index is -3.04. The summed E-state index contributed by atoms with van der Waals surface area (Å²) in [6.45, 7) is -1.65. The number of carbonyl (C=O) groups excluding carboxylic acids is 10. The highest BCUT2D eigenvalue weighted by Gasteiger charge is 2.55. The fraction of sp³-hybridized carbons (Fsp3) is 0.0789. The summed E-state index contributed by atoms with van der Waals surface area (Å²) in [6, 6.07) is 8.84. The van der Waals surface area contributed by atoms with E-state index < -0.39 is 325 Å². The maximum Gasteiger partial charge on any atom is 0.344 e. The Hall–Kier alpha value is -18.1. The van der Waals surface area contributed by atoms with Crippen molar-refractivity contribution in [2.24, 2.45) is 0 Å². The molecule has 10 aromatic rings. The Morgan fingerprint density at radius 2 is 0.369 bits per heavy atom. The summed E-state index contributed by atoms with van der Waals surface area (Å²) in [5.74, 6) is -54.5. The maximum atomic E-state index is 15.1. The zero-order chi connectivity index (χ0) is 89.4. The van der Waals surface area contributed by atoms with Gasteiger partial charge in [-0.25, -0.2) is 47.9 Å². The van der Waals surface area contributed by atoms with Crippen molar-refractivity contribution >= 4 is 59.7 Å². The molecule has 0 amide bonds. The second-order valence-corrected chi connectivity index (χ2v) is 25.1. The van der Waals surface area contributed by atoms with Crippen molar-refractivity contribution < 1.29 is 228 Å². The van der Waals surface area contributed by atoms with E-state index in [1.807, 2.05) is 0 Å². The molecule has 25 N–H and O–H groups in total. The summed E-state index contributed by atoms with van der Waals surface area (Å²) in [6.07, 6.45) is -14.7. The average Bonchev–Trinajstić information content (AvgIpc) is 0.765. The van der Waals surface area contributed by atoms with Crippen LogP contribution in [0.2, 0.25) is 0 Å². The first-order chi connectivity index (χ1) is 57.4. The fourth-order valence-electron chi connectivity index (χ4n) is 11.0. The van der Waals surface area contributed by atoms with Crippen LogP contribution in [0.25, 0.3) is 0 Å². The molecular formula is C76H52O46. The number of rotatable bonds is 21. The van der Waals surface area contributed by atoms with E-state index in [9.17, 15) is 171 Å². The van der Waals surface area contributed by atoms with Gasteiger partial charge in [0, 0.05) is 0 Å². The van der Waals surface area contributed by atoms with Gasteiger partial charge in [0.15, 0.2) is 156 Å². The number of hydrogen-bond donors (Lipinski definition) is 25. The molecular weight excluding hydrogens is 1650 g/mol. The lowest BCUT2D eigenvalue weighted by Gasteiger charge is -2.43. The molecule has 10 aromatic carbocycles. The number of carbonyl (C=O) groups is 10. The van der Waals surface area contributed by atoms with Crippen LogP contribution in [0.5, 0.6) is 172 Å². The van der Waals surface area contributed by atoms with Crippen LogP contribution in [-0.4, -0.2) is 225 Å². The zero-order valence-corrected chi connectivity index (χ0v) is 59.9. The van der Waals surface area contributed by atoms with Gasteiger partial charge in [-0.05, 0) is 121 Å². The SMILES string of the molecule is O=C(OCC1OC(OC(=O)c2cc(O)c(OC(=O)c3cc(O)c(O)c(O)c3)c(O)c2)C(OC(=O)c2cc(O)c(OC(=O)c3cc(O)c(O)c(O)c3)c(O)c2)C(OC(=O)c2cc(O)c(OC(=O)c3cc(O)c(O)c(O)c3)c(O)c2)C1OC(=O)c1cc(O)c(OC(=O)c2cc(O)c(O)c(O)c2)c(O)c1)c1cc(O)c(OC(=O)c2cc(O)c(O)c(O)c2)c(O)c1. The number of esters is 10. The van der Waals surface area contributed by atoms with E-state index in [2.05, 4.69) is 0 Å². The predicted octanol–water partition coefficient (Wildman–Crippen LogP) is 4.84. The van der Waals surface area contributed by atoms with Gasteiger partial charge in [0.25, 0.3) is 0 Å². The average molecular weight is 1700 g/mol. The molecule has 5 atom stereocenters. The molecule has 46 nitrogen and oxygen atoms in total. The van der Waals surface area contributed by atoms with Gasteiger partial charge >= 0.3 is 59.7 Å². The van der Waals surface area contributed by atoms with Gasteiger partial charge < -0.3 is 180 Å². The van der Waals surface area contributed by atoms with E-state index in [1.165, 1.54) is 0 Å². The molecule has 0 aromatic heterocycles. The third kappa shape index (κ3) is 17.6. The Morgan fingerprint density at radius 3 is 0.582 bits per heavy atom. The highest BCUT2D eigenvalue weighted by atomic mass is 16.8. The Morgan fingerprint density at radius 1 is 0.205 bits per heavy atom. The van der Waals surface area contributed by atoms with Crippen LogP contribution in [0.4, 0.5) is 0 Å². The summed E-state index contributed by atoms with van der Waals surface area (Å²) in [5, 5.41) is 262. The Labute approximate surface area is 671 Å². The highest BCUT2D eigenvalue weighted by molar-refractivity contribution is 6.00. The van der Waals surface area contributed by atoms with Gasteiger partial charge in [0.1, 0.15) is 12.7 Å². The van der Waals surface area contributed by atoms with Gasteiger partial charge in [-0.1, -0.05) is 0 Å². The lowest BCUT2D eigenvalue weighted by molar-refractivity contribution is -0.282. The number of benzene rings is 10. The molecule has 632 valence electrons. The van der Waals surface area contributed by atoms with E-state index >= 15 is 4.79 Å². The van der Waals surface area contributed by atoms with Crippen LogP contribution >= 0.6 is 0 Å². The minimum Gasteiger partial charge on any atom is -0.504 e. The summed E-state index contributed by atoms with van der Waals surface area (Å²) in [7, 11) is 0. The molecule has 1 aliphatic heterocycles. The van der Waals surface area contributed by atoms with Crippen molar-refractivity contribution in [3.8, 4) is 172 Å². The Balaban J connectivity index is 1.05. The fourth-order valence-corrected chi connectivity index (χ4v) is 11.0. The van der Waals surface area contributed by atoms with Crippen LogP contribution in [0.3, 0.4) is 0 Å². The quantitative estimate of drug-likeness (QED) is 0.0198. The standard InChI is InChI=1S/C76H52O46/c77-32-1-23(2-33(78)53(32)97)67(103)114-58-42(87)11-22(12-43(58)88)66(102)112-21-52-63(119-72(108)28-13-44(89)59(45(90)14-28)115-68(104)24-3-34(79)54(98)35(80)4-24)64(120-73(109)29-15-46(91)60(47(92)16-29)116-69(105)25-5-36(81)55(99)37(82)6-25)65(121-74(110)30-17-48(93)61(49(94)18-30)117-70(106)26-7-38(83)56(100)39(84)8-26)76(113-52)122-75(111)31-19-50(95)62(51(96)20-31)118-71(107)27-9-40(85)57(101)41(86)10-27/h1-20,52,63-65,76-101H,21H2. The first kappa shape index (κ1) is 84.8. The van der Waals surface area contributed by atoms with Crippen LogP contribution in [-0.2, 0) is 28.4 Å². The maximum absolute atomic E-state index is 15.1. The van der Waals surface area contributed by atoms with Crippen LogP contribution in [0.15, 0.2) is 121 Å². The van der Waals surface area contributed by atoms with Gasteiger partial charge in [0.2, 0.25) is 41.1 Å². The summed E-state index contributed by atoms with van der Waals surface area (Å²) in [4.78, 5) is 140. The Bertz CT molecular complexity index is 5850. The largest absolute Gasteiger partial charge is 0.504 e. The molecule has 0 saturated carbocycles. The smallest absolute Gasteiger partial charge is 0.344 e. The van der Waals surface area contributed by atoms with E-state index in [0.29, 0.717) is 121 Å².